The van der Waals surface area contributed by atoms with Gasteiger partial charge in [-0.2, -0.15) is 5.10 Å². The van der Waals surface area contributed by atoms with Crippen molar-refractivity contribution in [3.63, 3.8) is 0 Å². The van der Waals surface area contributed by atoms with Gasteiger partial charge in [0.1, 0.15) is 0 Å². The standard InChI is InChI=1S/C14H18N4O/c1-3-5-11-12(15)13(18-17-11)14(19)16-10-7-4-6-9(2)8-10/h4,6-8H,3,5,15H2,1-2H3,(H,16,19)(H,17,18). The molecule has 0 spiro atoms. The Hall–Kier alpha value is -2.30. The third-order valence-electron chi connectivity index (χ3n) is 2.87. The normalized spacial score (nSPS) is 10.4. The predicted molar refractivity (Wildman–Crippen MR) is 76.1 cm³/mol. The Morgan fingerprint density at radius 1 is 1.47 bits per heavy atom. The highest BCUT2D eigenvalue weighted by Crippen LogP contribution is 2.17. The highest BCUT2D eigenvalue weighted by molar-refractivity contribution is 6.06. The SMILES string of the molecule is CCCc1[nH]nc(C(=O)Nc2cccc(C)c2)c1N. The Labute approximate surface area is 112 Å². The molecular formula is C14H18N4O. The second-order valence-corrected chi connectivity index (χ2v) is 4.54. The smallest absolute Gasteiger partial charge is 0.278 e. The molecule has 0 saturated carbocycles. The molecule has 0 radical (unpaired) electrons. The van der Waals surface area contributed by atoms with Crippen LogP contribution in [0.2, 0.25) is 0 Å². The molecule has 0 unspecified atom stereocenters. The summed E-state index contributed by atoms with van der Waals surface area (Å²) in [5, 5.41) is 9.60. The molecule has 0 saturated heterocycles. The molecule has 0 bridgehead atoms. The van der Waals surface area contributed by atoms with E-state index in [0.29, 0.717) is 5.69 Å². The summed E-state index contributed by atoms with van der Waals surface area (Å²) in [5.41, 5.74) is 9.25. The highest BCUT2D eigenvalue weighted by atomic mass is 16.2. The molecule has 19 heavy (non-hydrogen) atoms. The van der Waals surface area contributed by atoms with Crippen molar-refractivity contribution in [2.75, 3.05) is 11.1 Å². The molecule has 0 fully saturated rings. The molecular weight excluding hydrogens is 240 g/mol. The predicted octanol–water partition coefficient (Wildman–Crippen LogP) is 2.51. The molecule has 2 aromatic rings. The lowest BCUT2D eigenvalue weighted by molar-refractivity contribution is 0.102. The van der Waals surface area contributed by atoms with Crippen molar-refractivity contribution >= 4 is 17.3 Å². The number of hydrogen-bond acceptors (Lipinski definition) is 3. The molecule has 100 valence electrons. The Morgan fingerprint density at radius 2 is 2.26 bits per heavy atom. The zero-order chi connectivity index (χ0) is 13.8. The summed E-state index contributed by atoms with van der Waals surface area (Å²) in [6.45, 7) is 4.02. The molecule has 0 aliphatic carbocycles. The number of aryl methyl sites for hydroxylation is 2. The van der Waals surface area contributed by atoms with E-state index in [0.717, 1.165) is 29.8 Å². The van der Waals surface area contributed by atoms with Crippen LogP contribution >= 0.6 is 0 Å². The van der Waals surface area contributed by atoms with Gasteiger partial charge in [0.25, 0.3) is 5.91 Å². The average Bonchev–Trinajstić information content (AvgIpc) is 2.72. The van der Waals surface area contributed by atoms with E-state index in [1.54, 1.807) is 0 Å². The fourth-order valence-corrected chi connectivity index (χ4v) is 1.91. The fraction of sp³-hybridized carbons (Fsp3) is 0.286. The number of anilines is 2. The first-order chi connectivity index (χ1) is 9.11. The summed E-state index contributed by atoms with van der Waals surface area (Å²) in [6, 6.07) is 7.59. The minimum absolute atomic E-state index is 0.255. The summed E-state index contributed by atoms with van der Waals surface area (Å²) < 4.78 is 0. The van der Waals surface area contributed by atoms with E-state index in [2.05, 4.69) is 15.5 Å². The maximum Gasteiger partial charge on any atom is 0.278 e. The lowest BCUT2D eigenvalue weighted by atomic mass is 10.2. The summed E-state index contributed by atoms with van der Waals surface area (Å²) >= 11 is 0. The van der Waals surface area contributed by atoms with Crippen LogP contribution < -0.4 is 11.1 Å². The topological polar surface area (TPSA) is 83.8 Å². The molecule has 0 atom stereocenters. The van der Waals surface area contributed by atoms with E-state index in [-0.39, 0.29) is 11.6 Å². The molecule has 1 aromatic carbocycles. The first kappa shape index (κ1) is 13.1. The Balaban J connectivity index is 2.16. The third-order valence-corrected chi connectivity index (χ3v) is 2.87. The van der Waals surface area contributed by atoms with Gasteiger partial charge in [-0.25, -0.2) is 0 Å². The van der Waals surface area contributed by atoms with Crippen molar-refractivity contribution in [3.8, 4) is 0 Å². The first-order valence-corrected chi connectivity index (χ1v) is 6.32. The molecule has 5 nitrogen and oxygen atoms in total. The number of aromatic amines is 1. The van der Waals surface area contributed by atoms with Crippen molar-refractivity contribution < 1.29 is 4.79 Å². The van der Waals surface area contributed by atoms with Gasteiger partial charge in [-0.15, -0.1) is 0 Å². The van der Waals surface area contributed by atoms with Crippen LogP contribution in [0.25, 0.3) is 0 Å². The summed E-state index contributed by atoms with van der Waals surface area (Å²) in [4.78, 5) is 12.1. The number of nitrogens with zero attached hydrogens (tertiary/aromatic N) is 1. The second kappa shape index (κ2) is 5.56. The summed E-state index contributed by atoms with van der Waals surface area (Å²) in [6.07, 6.45) is 1.74. The van der Waals surface area contributed by atoms with Crippen LogP contribution in [0.4, 0.5) is 11.4 Å². The minimum Gasteiger partial charge on any atom is -0.395 e. The van der Waals surface area contributed by atoms with Crippen LogP contribution in [0.15, 0.2) is 24.3 Å². The number of nitrogens with one attached hydrogen (secondary N) is 2. The highest BCUT2D eigenvalue weighted by Gasteiger charge is 2.16. The second-order valence-electron chi connectivity index (χ2n) is 4.54. The maximum absolute atomic E-state index is 12.1. The Kier molecular flexibility index (Phi) is 3.85. The molecule has 0 aliphatic heterocycles. The van der Waals surface area contributed by atoms with Crippen molar-refractivity contribution in [1.82, 2.24) is 10.2 Å². The number of nitrogens with two attached hydrogens (primary N) is 1. The van der Waals surface area contributed by atoms with Crippen LogP contribution in [0.5, 0.6) is 0 Å². The van der Waals surface area contributed by atoms with Gasteiger partial charge in [0.15, 0.2) is 5.69 Å². The zero-order valence-corrected chi connectivity index (χ0v) is 11.2. The number of carbonyl (C=O) groups excluding carboxylic acids is 1. The largest absolute Gasteiger partial charge is 0.395 e. The number of nitrogen functional groups attached to an aromatic ring is 1. The minimum atomic E-state index is -0.290. The number of rotatable bonds is 4. The quantitative estimate of drug-likeness (QED) is 0.787. The number of carbonyl (C=O) groups is 1. The number of H-pyrrole nitrogens is 1. The van der Waals surface area contributed by atoms with Crippen LogP contribution in [0.3, 0.4) is 0 Å². The summed E-state index contributed by atoms with van der Waals surface area (Å²) in [5.74, 6) is -0.290. The molecule has 2 rings (SSSR count). The van der Waals surface area contributed by atoms with Gasteiger partial charge in [0.2, 0.25) is 0 Å². The van der Waals surface area contributed by atoms with Gasteiger partial charge < -0.3 is 11.1 Å². The molecule has 0 aliphatic rings. The number of amides is 1. The number of aromatic nitrogens is 2. The monoisotopic (exact) mass is 258 g/mol. The molecule has 4 N–H and O–H groups in total. The fourth-order valence-electron chi connectivity index (χ4n) is 1.91. The van der Waals surface area contributed by atoms with E-state index >= 15 is 0 Å². The Bertz CT molecular complexity index is 589. The van der Waals surface area contributed by atoms with E-state index in [9.17, 15) is 4.79 Å². The van der Waals surface area contributed by atoms with E-state index in [4.69, 9.17) is 5.73 Å². The lowest BCUT2D eigenvalue weighted by Gasteiger charge is -2.04. The van der Waals surface area contributed by atoms with Crippen molar-refractivity contribution in [2.24, 2.45) is 0 Å². The van der Waals surface area contributed by atoms with Crippen LogP contribution in [0, 0.1) is 6.92 Å². The zero-order valence-electron chi connectivity index (χ0n) is 11.2. The lowest BCUT2D eigenvalue weighted by Crippen LogP contribution is -2.14. The molecule has 5 heteroatoms. The number of hydrogen-bond donors (Lipinski definition) is 3. The van der Waals surface area contributed by atoms with Crippen molar-refractivity contribution in [3.05, 3.63) is 41.2 Å². The number of benzene rings is 1. The Morgan fingerprint density at radius 3 is 2.95 bits per heavy atom. The van der Waals surface area contributed by atoms with Gasteiger partial charge >= 0.3 is 0 Å². The van der Waals surface area contributed by atoms with E-state index < -0.39 is 0 Å². The third kappa shape index (κ3) is 2.93. The van der Waals surface area contributed by atoms with Gasteiger partial charge in [0.05, 0.1) is 11.4 Å². The van der Waals surface area contributed by atoms with Gasteiger partial charge in [-0.1, -0.05) is 25.5 Å². The average molecular weight is 258 g/mol. The van der Waals surface area contributed by atoms with E-state index in [1.165, 1.54) is 0 Å². The molecule has 1 heterocycles. The van der Waals surface area contributed by atoms with Crippen LogP contribution in [-0.4, -0.2) is 16.1 Å². The summed E-state index contributed by atoms with van der Waals surface area (Å²) in [7, 11) is 0. The molecule has 1 amide bonds. The van der Waals surface area contributed by atoms with Gasteiger partial charge in [-0.3, -0.25) is 9.89 Å². The van der Waals surface area contributed by atoms with Gasteiger partial charge in [-0.05, 0) is 31.0 Å². The van der Waals surface area contributed by atoms with Crippen LogP contribution in [-0.2, 0) is 6.42 Å². The maximum atomic E-state index is 12.1. The molecule has 1 aromatic heterocycles. The van der Waals surface area contributed by atoms with Crippen molar-refractivity contribution in [1.29, 1.82) is 0 Å². The van der Waals surface area contributed by atoms with Crippen LogP contribution in [0.1, 0.15) is 35.1 Å². The first-order valence-electron chi connectivity index (χ1n) is 6.32. The van der Waals surface area contributed by atoms with E-state index in [1.807, 2.05) is 38.1 Å². The van der Waals surface area contributed by atoms with Gasteiger partial charge in [0, 0.05) is 5.69 Å². The van der Waals surface area contributed by atoms with Crippen molar-refractivity contribution in [2.45, 2.75) is 26.7 Å².